The molecule has 3 N–H and O–H groups in total. The van der Waals surface area contributed by atoms with Crippen LogP contribution in [0.5, 0.6) is 0 Å². The van der Waals surface area contributed by atoms with Crippen molar-refractivity contribution in [2.45, 2.75) is 44.7 Å². The summed E-state index contributed by atoms with van der Waals surface area (Å²) in [5.74, 6) is -1.74. The number of methoxy groups -OCH3 is 1. The number of alkyl carbamates (subject to hydrolysis) is 1. The highest BCUT2D eigenvalue weighted by molar-refractivity contribution is 5.89. The molecule has 0 aliphatic heterocycles. The summed E-state index contributed by atoms with van der Waals surface area (Å²) in [6, 6.07) is 13.9. The molecular formula is C26H32N2O6. The smallest absolute Gasteiger partial charge is 0.407 e. The molecule has 0 spiro atoms. The second kappa shape index (κ2) is 11.7. The van der Waals surface area contributed by atoms with E-state index in [-0.39, 0.29) is 25.0 Å². The van der Waals surface area contributed by atoms with Crippen molar-refractivity contribution in [3.05, 3.63) is 59.7 Å². The molecule has 0 fully saturated rings. The molecule has 0 aromatic heterocycles. The van der Waals surface area contributed by atoms with Crippen molar-refractivity contribution < 1.29 is 29.0 Å². The first-order chi connectivity index (χ1) is 16.3. The van der Waals surface area contributed by atoms with Gasteiger partial charge in [-0.05, 0) is 34.6 Å². The number of amides is 2. The molecule has 1 aliphatic rings. The van der Waals surface area contributed by atoms with Gasteiger partial charge in [0.05, 0.1) is 6.61 Å². The summed E-state index contributed by atoms with van der Waals surface area (Å²) in [4.78, 5) is 36.9. The quantitative estimate of drug-likeness (QED) is 0.465. The maximum atomic E-state index is 12.7. The number of hydrogen-bond acceptors (Lipinski definition) is 5. The third-order valence-electron chi connectivity index (χ3n) is 6.24. The normalized spacial score (nSPS) is 14.9. The zero-order valence-electron chi connectivity index (χ0n) is 19.7. The van der Waals surface area contributed by atoms with E-state index in [0.29, 0.717) is 6.42 Å². The second-order valence-electron chi connectivity index (χ2n) is 8.63. The zero-order chi connectivity index (χ0) is 24.7. The van der Waals surface area contributed by atoms with E-state index in [1.807, 2.05) is 62.4 Å². The van der Waals surface area contributed by atoms with E-state index in [1.165, 1.54) is 7.11 Å². The number of fused-ring (bicyclic) bond motifs is 3. The number of nitrogens with one attached hydrogen (secondary N) is 2. The van der Waals surface area contributed by atoms with Gasteiger partial charge in [-0.15, -0.1) is 0 Å². The molecule has 2 amide bonds. The Bertz CT molecular complexity index is 978. The van der Waals surface area contributed by atoms with Crippen molar-refractivity contribution in [2.24, 2.45) is 5.92 Å². The van der Waals surface area contributed by atoms with Crippen molar-refractivity contribution >= 4 is 18.0 Å². The molecule has 34 heavy (non-hydrogen) atoms. The number of rotatable bonds is 11. The van der Waals surface area contributed by atoms with Gasteiger partial charge in [0.15, 0.2) is 0 Å². The number of carbonyl (C=O) groups excluding carboxylic acids is 2. The number of carboxylic acid groups (broad SMARTS) is 1. The van der Waals surface area contributed by atoms with Gasteiger partial charge in [0.25, 0.3) is 0 Å². The highest BCUT2D eigenvalue weighted by Crippen LogP contribution is 2.44. The van der Waals surface area contributed by atoms with E-state index < -0.39 is 30.1 Å². The summed E-state index contributed by atoms with van der Waals surface area (Å²) in [7, 11) is 1.40. The van der Waals surface area contributed by atoms with Gasteiger partial charge >= 0.3 is 12.1 Å². The van der Waals surface area contributed by atoms with Crippen molar-refractivity contribution in [1.29, 1.82) is 0 Å². The van der Waals surface area contributed by atoms with Crippen LogP contribution in [0.4, 0.5) is 4.79 Å². The maximum Gasteiger partial charge on any atom is 0.407 e. The van der Waals surface area contributed by atoms with Gasteiger partial charge in [-0.3, -0.25) is 4.79 Å². The van der Waals surface area contributed by atoms with Crippen molar-refractivity contribution in [3.63, 3.8) is 0 Å². The van der Waals surface area contributed by atoms with Gasteiger partial charge in [-0.2, -0.15) is 0 Å². The molecule has 8 nitrogen and oxygen atoms in total. The lowest BCUT2D eigenvalue weighted by Crippen LogP contribution is -2.53. The predicted molar refractivity (Wildman–Crippen MR) is 128 cm³/mol. The molecule has 0 saturated carbocycles. The predicted octanol–water partition coefficient (Wildman–Crippen LogP) is 3.55. The van der Waals surface area contributed by atoms with Crippen LogP contribution in [-0.4, -0.2) is 55.5 Å². The van der Waals surface area contributed by atoms with Crippen LogP contribution in [0.1, 0.15) is 43.7 Å². The Morgan fingerprint density at radius 1 is 0.971 bits per heavy atom. The number of hydrogen-bond donors (Lipinski definition) is 3. The maximum absolute atomic E-state index is 12.7. The third-order valence-corrected chi connectivity index (χ3v) is 6.24. The van der Waals surface area contributed by atoms with Crippen molar-refractivity contribution in [2.75, 3.05) is 20.3 Å². The molecule has 8 heteroatoms. The Hall–Kier alpha value is -3.39. The van der Waals surface area contributed by atoms with Gasteiger partial charge in [0.1, 0.15) is 18.7 Å². The highest BCUT2D eigenvalue weighted by Gasteiger charge is 2.31. The average Bonchev–Trinajstić information content (AvgIpc) is 3.15. The van der Waals surface area contributed by atoms with E-state index in [1.54, 1.807) is 0 Å². The topological polar surface area (TPSA) is 114 Å². The molecule has 0 saturated heterocycles. The standard InChI is InChI=1S/C26H32N2O6/c1-4-16(2)13-22(25(30)31)27-24(29)23(15-33-3)28-26(32)34-14-21-19-11-7-5-9-17(19)18-10-6-8-12-20(18)21/h5-12,16,21-23H,4,13-15H2,1-3H3,(H,27,29)(H,28,32)(H,30,31)/t16?,22?,23-/m0/s1. The minimum absolute atomic E-state index is 0.104. The van der Waals surface area contributed by atoms with E-state index in [4.69, 9.17) is 9.47 Å². The lowest BCUT2D eigenvalue weighted by Gasteiger charge is -2.22. The van der Waals surface area contributed by atoms with E-state index >= 15 is 0 Å². The number of benzene rings is 2. The fourth-order valence-electron chi connectivity index (χ4n) is 4.19. The number of carbonyl (C=O) groups is 3. The first kappa shape index (κ1) is 25.2. The highest BCUT2D eigenvalue weighted by atomic mass is 16.5. The number of aliphatic carboxylic acids is 1. The van der Waals surface area contributed by atoms with Crippen LogP contribution in [0.2, 0.25) is 0 Å². The Balaban J connectivity index is 1.63. The van der Waals surface area contributed by atoms with Crippen LogP contribution >= 0.6 is 0 Å². The molecule has 1 aliphatic carbocycles. The van der Waals surface area contributed by atoms with E-state index in [2.05, 4.69) is 10.6 Å². The first-order valence-corrected chi connectivity index (χ1v) is 11.5. The Kier molecular flexibility index (Phi) is 8.65. The van der Waals surface area contributed by atoms with Crippen LogP contribution in [0.15, 0.2) is 48.5 Å². The van der Waals surface area contributed by atoms with Gasteiger partial charge < -0.3 is 25.2 Å². The van der Waals surface area contributed by atoms with Crippen LogP contribution in [0.25, 0.3) is 11.1 Å². The largest absolute Gasteiger partial charge is 0.480 e. The molecule has 182 valence electrons. The molecule has 3 rings (SSSR count). The molecule has 0 radical (unpaired) electrons. The van der Waals surface area contributed by atoms with Crippen LogP contribution in [0.3, 0.4) is 0 Å². The van der Waals surface area contributed by atoms with Gasteiger partial charge in [0, 0.05) is 13.0 Å². The number of ether oxygens (including phenoxy) is 2. The molecular weight excluding hydrogens is 436 g/mol. The van der Waals surface area contributed by atoms with Crippen LogP contribution in [-0.2, 0) is 19.1 Å². The second-order valence-corrected chi connectivity index (χ2v) is 8.63. The van der Waals surface area contributed by atoms with Gasteiger partial charge in [-0.1, -0.05) is 68.8 Å². The molecule has 2 aromatic carbocycles. The lowest BCUT2D eigenvalue weighted by atomic mass is 9.98. The van der Waals surface area contributed by atoms with Gasteiger partial charge in [0.2, 0.25) is 5.91 Å². The van der Waals surface area contributed by atoms with Crippen molar-refractivity contribution in [3.8, 4) is 11.1 Å². The molecule has 0 heterocycles. The fourth-order valence-corrected chi connectivity index (χ4v) is 4.19. The summed E-state index contributed by atoms with van der Waals surface area (Å²) < 4.78 is 10.6. The SMILES string of the molecule is CCC(C)CC(NC(=O)[C@H](COC)NC(=O)OCC1c2ccccc2-c2ccccc21)C(=O)O. The Morgan fingerprint density at radius 2 is 1.56 bits per heavy atom. The first-order valence-electron chi connectivity index (χ1n) is 11.5. The van der Waals surface area contributed by atoms with E-state index in [0.717, 1.165) is 28.7 Å². The summed E-state index contributed by atoms with van der Waals surface area (Å²) in [6.07, 6.45) is 0.314. The fraction of sp³-hybridized carbons (Fsp3) is 0.423. The molecule has 2 unspecified atom stereocenters. The zero-order valence-corrected chi connectivity index (χ0v) is 19.7. The summed E-state index contributed by atoms with van der Waals surface area (Å²) in [6.45, 7) is 3.86. The van der Waals surface area contributed by atoms with Crippen molar-refractivity contribution in [1.82, 2.24) is 10.6 Å². The van der Waals surface area contributed by atoms with Crippen LogP contribution in [0, 0.1) is 5.92 Å². The minimum Gasteiger partial charge on any atom is -0.480 e. The summed E-state index contributed by atoms with van der Waals surface area (Å²) in [5, 5.41) is 14.5. The van der Waals surface area contributed by atoms with Crippen LogP contribution < -0.4 is 10.6 Å². The summed E-state index contributed by atoms with van der Waals surface area (Å²) in [5.41, 5.74) is 4.39. The lowest BCUT2D eigenvalue weighted by molar-refractivity contribution is -0.142. The number of carboxylic acids is 1. The molecule has 0 bridgehead atoms. The molecule has 2 aromatic rings. The monoisotopic (exact) mass is 468 g/mol. The third kappa shape index (κ3) is 5.94. The summed E-state index contributed by atoms with van der Waals surface area (Å²) >= 11 is 0. The van der Waals surface area contributed by atoms with Gasteiger partial charge in [-0.25, -0.2) is 9.59 Å². The minimum atomic E-state index is -1.12. The molecule has 3 atom stereocenters. The Morgan fingerprint density at radius 3 is 2.09 bits per heavy atom. The Labute approximate surface area is 199 Å². The van der Waals surface area contributed by atoms with E-state index in [9.17, 15) is 19.5 Å². The average molecular weight is 469 g/mol.